The van der Waals surface area contributed by atoms with Crippen LogP contribution in [0, 0.1) is 0 Å². The fraction of sp³-hybridized carbons (Fsp3) is 0.636. The van der Waals surface area contributed by atoms with Gasteiger partial charge in [-0.2, -0.15) is 0 Å². The number of alkyl carbamates (subject to hydrolysis) is 1. The number of carboxylic acids is 1. The quantitative estimate of drug-likeness (QED) is 0.401. The monoisotopic (exact) mass is 307 g/mol. The van der Waals surface area contributed by atoms with Crippen molar-refractivity contribution in [3.05, 3.63) is 0 Å². The Hall–Kier alpha value is -2.36. The van der Waals surface area contributed by atoms with Gasteiger partial charge in [-0.1, -0.05) is 0 Å². The average Bonchev–Trinajstić information content (AvgIpc) is 2.23. The summed E-state index contributed by atoms with van der Waals surface area (Å²) in [5, 5.41) is 18.6. The standard InChI is InChI=1S/C7H14N2O3.C4H7NO4/c1-7(2,3)12-6(11)9-4-5(8)10;5-4(9)2(6)1-3(7)8/h4H2,1-3H3,(H2,8,10)(H,9,11);2,6H,1H2,(H2,5,9)(H,7,8). The third-order valence-corrected chi connectivity index (χ3v) is 1.50. The van der Waals surface area contributed by atoms with Crippen molar-refractivity contribution >= 4 is 23.9 Å². The largest absolute Gasteiger partial charge is 0.481 e. The van der Waals surface area contributed by atoms with Crippen molar-refractivity contribution in [2.24, 2.45) is 11.5 Å². The number of carboxylic acid groups (broad SMARTS) is 1. The maximum absolute atomic E-state index is 10.8. The Kier molecular flexibility index (Phi) is 9.51. The predicted octanol–water partition coefficient (Wildman–Crippen LogP) is -1.70. The van der Waals surface area contributed by atoms with Gasteiger partial charge in [0, 0.05) is 0 Å². The second-order valence-corrected chi connectivity index (χ2v) is 4.84. The molecule has 0 radical (unpaired) electrons. The summed E-state index contributed by atoms with van der Waals surface area (Å²) >= 11 is 0. The number of nitrogens with one attached hydrogen (secondary N) is 1. The van der Waals surface area contributed by atoms with Crippen LogP contribution in [-0.4, -0.2) is 52.3 Å². The molecule has 0 aromatic carbocycles. The molecular weight excluding hydrogens is 286 g/mol. The summed E-state index contributed by atoms with van der Waals surface area (Å²) in [6.45, 7) is 5.00. The molecule has 0 aliphatic rings. The van der Waals surface area contributed by atoms with Gasteiger partial charge in [-0.05, 0) is 20.8 Å². The fourth-order valence-electron chi connectivity index (χ4n) is 0.739. The van der Waals surface area contributed by atoms with Crippen molar-refractivity contribution in [2.75, 3.05) is 6.54 Å². The maximum atomic E-state index is 10.8. The van der Waals surface area contributed by atoms with Gasteiger partial charge in [-0.25, -0.2) is 4.79 Å². The van der Waals surface area contributed by atoms with Crippen LogP contribution in [0.1, 0.15) is 27.2 Å². The van der Waals surface area contributed by atoms with Gasteiger partial charge >= 0.3 is 12.1 Å². The number of aliphatic carboxylic acids is 1. The summed E-state index contributed by atoms with van der Waals surface area (Å²) in [4.78, 5) is 40.7. The third-order valence-electron chi connectivity index (χ3n) is 1.50. The number of nitrogens with two attached hydrogens (primary N) is 2. The number of rotatable bonds is 5. The van der Waals surface area contributed by atoms with E-state index in [2.05, 4.69) is 11.1 Å². The summed E-state index contributed by atoms with van der Waals surface area (Å²) in [6, 6.07) is 0. The zero-order chi connectivity index (χ0) is 17.2. The highest BCUT2D eigenvalue weighted by Crippen LogP contribution is 2.05. The molecule has 10 heteroatoms. The van der Waals surface area contributed by atoms with Gasteiger partial charge in [-0.15, -0.1) is 0 Å². The van der Waals surface area contributed by atoms with Crippen LogP contribution in [0.15, 0.2) is 0 Å². The maximum Gasteiger partial charge on any atom is 0.408 e. The molecule has 0 aliphatic heterocycles. The van der Waals surface area contributed by atoms with Gasteiger partial charge in [-0.3, -0.25) is 14.4 Å². The van der Waals surface area contributed by atoms with E-state index in [1.807, 2.05) is 0 Å². The lowest BCUT2D eigenvalue weighted by Crippen LogP contribution is -2.37. The minimum atomic E-state index is -1.57. The van der Waals surface area contributed by atoms with Crippen molar-refractivity contribution in [2.45, 2.75) is 38.9 Å². The lowest BCUT2D eigenvalue weighted by Gasteiger charge is -2.19. The number of primary amides is 2. The van der Waals surface area contributed by atoms with Crippen molar-refractivity contribution in [1.82, 2.24) is 5.32 Å². The van der Waals surface area contributed by atoms with Crippen LogP contribution in [0.5, 0.6) is 0 Å². The number of ether oxygens (including phenoxy) is 1. The van der Waals surface area contributed by atoms with Crippen molar-refractivity contribution in [1.29, 1.82) is 0 Å². The molecule has 122 valence electrons. The molecule has 1 unspecified atom stereocenters. The van der Waals surface area contributed by atoms with E-state index < -0.39 is 42.0 Å². The van der Waals surface area contributed by atoms with Crippen molar-refractivity contribution < 1.29 is 34.1 Å². The molecular formula is C11H21N3O7. The molecule has 0 heterocycles. The Morgan fingerprint density at radius 3 is 1.90 bits per heavy atom. The Labute approximate surface area is 121 Å². The summed E-state index contributed by atoms with van der Waals surface area (Å²) in [5.74, 6) is -2.86. The average molecular weight is 307 g/mol. The molecule has 0 aliphatic carbocycles. The normalized spacial score (nSPS) is 11.4. The van der Waals surface area contributed by atoms with Crippen molar-refractivity contribution in [3.63, 3.8) is 0 Å². The van der Waals surface area contributed by atoms with Gasteiger partial charge in [0.05, 0.1) is 13.0 Å². The molecule has 3 amide bonds. The highest BCUT2D eigenvalue weighted by Gasteiger charge is 2.16. The SMILES string of the molecule is CC(C)(C)OC(=O)NCC(N)=O.NC(=O)C(O)CC(=O)O. The zero-order valence-electron chi connectivity index (χ0n) is 12.1. The number of hydrogen-bond acceptors (Lipinski definition) is 6. The molecule has 0 fully saturated rings. The topological polar surface area (TPSA) is 182 Å². The van der Waals surface area contributed by atoms with Gasteiger partial charge in [0.15, 0.2) is 0 Å². The van der Waals surface area contributed by atoms with E-state index in [4.69, 9.17) is 20.7 Å². The Morgan fingerprint density at radius 2 is 1.67 bits per heavy atom. The Balaban J connectivity index is 0. The van der Waals surface area contributed by atoms with Gasteiger partial charge in [0.2, 0.25) is 11.8 Å². The number of hydrogen-bond donors (Lipinski definition) is 5. The van der Waals surface area contributed by atoms with Crippen LogP contribution in [-0.2, 0) is 19.1 Å². The van der Waals surface area contributed by atoms with E-state index in [0.717, 1.165) is 0 Å². The third kappa shape index (κ3) is 17.6. The van der Waals surface area contributed by atoms with E-state index in [0.29, 0.717) is 0 Å². The zero-order valence-corrected chi connectivity index (χ0v) is 12.1. The first-order valence-corrected chi connectivity index (χ1v) is 5.79. The van der Waals surface area contributed by atoms with Gasteiger partial charge < -0.3 is 31.7 Å². The molecule has 0 rings (SSSR count). The number of aliphatic hydroxyl groups excluding tert-OH is 1. The smallest absolute Gasteiger partial charge is 0.408 e. The summed E-state index contributed by atoms with van der Waals surface area (Å²) in [6.07, 6.45) is -2.83. The van der Waals surface area contributed by atoms with E-state index in [1.54, 1.807) is 20.8 Å². The van der Waals surface area contributed by atoms with Crippen molar-refractivity contribution in [3.8, 4) is 0 Å². The number of amides is 3. The molecule has 0 spiro atoms. The van der Waals surface area contributed by atoms with Crippen LogP contribution in [0.25, 0.3) is 0 Å². The Morgan fingerprint density at radius 1 is 1.19 bits per heavy atom. The van der Waals surface area contributed by atoms with Crippen LogP contribution in [0.2, 0.25) is 0 Å². The molecule has 7 N–H and O–H groups in total. The van der Waals surface area contributed by atoms with Crippen LogP contribution < -0.4 is 16.8 Å². The predicted molar refractivity (Wildman–Crippen MR) is 70.9 cm³/mol. The van der Waals surface area contributed by atoms with Crippen LogP contribution in [0.3, 0.4) is 0 Å². The molecule has 0 saturated heterocycles. The van der Waals surface area contributed by atoms with Crippen LogP contribution >= 0.6 is 0 Å². The van der Waals surface area contributed by atoms with E-state index in [1.165, 1.54) is 0 Å². The minimum Gasteiger partial charge on any atom is -0.481 e. The molecule has 1 atom stereocenters. The van der Waals surface area contributed by atoms with E-state index >= 15 is 0 Å². The number of aliphatic hydroxyl groups is 1. The Bertz CT molecular complexity index is 390. The molecule has 21 heavy (non-hydrogen) atoms. The lowest BCUT2D eigenvalue weighted by atomic mass is 10.2. The minimum absolute atomic E-state index is 0.199. The number of carbonyl (C=O) groups is 4. The summed E-state index contributed by atoms with van der Waals surface area (Å²) in [5.41, 5.74) is 8.77. The molecule has 0 aromatic rings. The van der Waals surface area contributed by atoms with Gasteiger partial charge in [0.1, 0.15) is 11.7 Å². The molecule has 0 bridgehead atoms. The fourth-order valence-corrected chi connectivity index (χ4v) is 0.739. The summed E-state index contributed by atoms with van der Waals surface area (Å²) < 4.78 is 4.83. The first-order valence-electron chi connectivity index (χ1n) is 5.79. The molecule has 0 aromatic heterocycles. The van der Waals surface area contributed by atoms with E-state index in [-0.39, 0.29) is 6.54 Å². The second-order valence-electron chi connectivity index (χ2n) is 4.84. The molecule has 0 saturated carbocycles. The highest BCUT2D eigenvalue weighted by molar-refractivity contribution is 5.83. The second kappa shape index (κ2) is 9.53. The first-order chi connectivity index (χ1) is 9.35. The lowest BCUT2D eigenvalue weighted by molar-refractivity contribution is -0.142. The number of carbonyl (C=O) groups excluding carboxylic acids is 3. The van der Waals surface area contributed by atoms with Crippen LogP contribution in [0.4, 0.5) is 4.79 Å². The summed E-state index contributed by atoms with van der Waals surface area (Å²) in [7, 11) is 0. The highest BCUT2D eigenvalue weighted by atomic mass is 16.6. The molecule has 10 nitrogen and oxygen atoms in total. The van der Waals surface area contributed by atoms with Gasteiger partial charge in [0.25, 0.3) is 0 Å². The van der Waals surface area contributed by atoms with E-state index in [9.17, 15) is 19.2 Å². The first kappa shape index (κ1) is 20.9.